The molecule has 0 aromatic carbocycles. The third kappa shape index (κ3) is 4.58. The first-order valence-corrected chi connectivity index (χ1v) is 8.29. The van der Waals surface area contributed by atoms with Crippen molar-refractivity contribution in [1.29, 1.82) is 0 Å². The number of nitrogens with one attached hydrogen (secondary N) is 1. The van der Waals surface area contributed by atoms with E-state index in [2.05, 4.69) is 27.7 Å². The minimum atomic E-state index is -0.0751. The fourth-order valence-corrected chi connectivity index (χ4v) is 3.24. The predicted octanol–water partition coefficient (Wildman–Crippen LogP) is 1.67. The van der Waals surface area contributed by atoms with Gasteiger partial charge >= 0.3 is 0 Å². The van der Waals surface area contributed by atoms with Gasteiger partial charge in [0.05, 0.1) is 0 Å². The molecule has 0 bridgehead atoms. The Morgan fingerprint density at radius 2 is 2.30 bits per heavy atom. The first-order chi connectivity index (χ1) is 9.69. The van der Waals surface area contributed by atoms with Crippen molar-refractivity contribution in [2.45, 2.75) is 26.3 Å². The molecule has 1 aliphatic heterocycles. The number of likely N-dealkylation sites (tertiary alicyclic amines) is 1. The highest BCUT2D eigenvalue weighted by atomic mass is 32.1. The van der Waals surface area contributed by atoms with E-state index in [9.17, 15) is 4.79 Å². The summed E-state index contributed by atoms with van der Waals surface area (Å²) in [5, 5.41) is 5.16. The van der Waals surface area contributed by atoms with Crippen LogP contribution >= 0.6 is 11.3 Å². The first kappa shape index (κ1) is 15.5. The Morgan fingerprint density at radius 3 is 2.90 bits per heavy atom. The van der Waals surface area contributed by atoms with Gasteiger partial charge in [0.25, 0.3) is 0 Å². The van der Waals surface area contributed by atoms with E-state index in [0.717, 1.165) is 26.2 Å². The molecule has 0 radical (unpaired) electrons. The Bertz CT molecular complexity index is 399. The smallest absolute Gasteiger partial charge is 0.224 e. The quantitative estimate of drug-likeness (QED) is 0.839. The number of hydrogen-bond acceptors (Lipinski definition) is 4. The lowest BCUT2D eigenvalue weighted by atomic mass is 9.96. The highest BCUT2D eigenvalue weighted by Crippen LogP contribution is 2.20. The first-order valence-electron chi connectivity index (χ1n) is 7.41. The Hall–Kier alpha value is -0.910. The number of piperidine rings is 1. The minimum absolute atomic E-state index is 0.0751. The maximum atomic E-state index is 11.7. The number of nitrogens with two attached hydrogens (primary N) is 1. The molecule has 20 heavy (non-hydrogen) atoms. The molecule has 5 heteroatoms. The van der Waals surface area contributed by atoms with Gasteiger partial charge in [-0.1, -0.05) is 13.0 Å². The molecule has 2 heterocycles. The molecule has 2 rings (SSSR count). The molecular weight excluding hydrogens is 270 g/mol. The Morgan fingerprint density at radius 1 is 1.55 bits per heavy atom. The van der Waals surface area contributed by atoms with Crippen molar-refractivity contribution in [3.05, 3.63) is 22.4 Å². The molecule has 0 saturated carbocycles. The Labute approximate surface area is 125 Å². The van der Waals surface area contributed by atoms with Crippen molar-refractivity contribution >= 4 is 17.2 Å². The monoisotopic (exact) mass is 295 g/mol. The summed E-state index contributed by atoms with van der Waals surface area (Å²) in [4.78, 5) is 15.6. The summed E-state index contributed by atoms with van der Waals surface area (Å²) < 4.78 is 0. The molecule has 1 atom stereocenters. The van der Waals surface area contributed by atoms with Gasteiger partial charge < -0.3 is 11.1 Å². The van der Waals surface area contributed by atoms with E-state index in [-0.39, 0.29) is 11.8 Å². The molecule has 1 aromatic heterocycles. The minimum Gasteiger partial charge on any atom is -0.356 e. The number of thiophene rings is 1. The lowest BCUT2D eigenvalue weighted by Crippen LogP contribution is -2.40. The van der Waals surface area contributed by atoms with E-state index in [1.165, 1.54) is 17.7 Å². The lowest BCUT2D eigenvalue weighted by molar-refractivity contribution is -0.124. The van der Waals surface area contributed by atoms with Crippen LogP contribution in [0.4, 0.5) is 0 Å². The van der Waals surface area contributed by atoms with Crippen molar-refractivity contribution in [1.82, 2.24) is 10.2 Å². The standard InChI is InChI=1S/C15H25N3OS/c1-12(9-16)15(19)17-10-13-4-6-18(7-5-13)11-14-3-2-8-20-14/h2-3,8,12-13H,4-7,9-11,16H2,1H3,(H,17,19). The van der Waals surface area contributed by atoms with Crippen LogP contribution in [0.2, 0.25) is 0 Å². The second-order valence-electron chi connectivity index (χ2n) is 5.68. The third-order valence-electron chi connectivity index (χ3n) is 4.03. The third-order valence-corrected chi connectivity index (χ3v) is 4.89. The summed E-state index contributed by atoms with van der Waals surface area (Å²) in [7, 11) is 0. The van der Waals surface area contributed by atoms with Crippen LogP contribution < -0.4 is 11.1 Å². The van der Waals surface area contributed by atoms with E-state index in [1.54, 1.807) is 0 Å². The molecule has 0 spiro atoms. The van der Waals surface area contributed by atoms with Crippen LogP contribution in [0.1, 0.15) is 24.6 Å². The molecule has 1 fully saturated rings. The van der Waals surface area contributed by atoms with Gasteiger partial charge in [0.2, 0.25) is 5.91 Å². The second-order valence-corrected chi connectivity index (χ2v) is 6.71. The largest absolute Gasteiger partial charge is 0.356 e. The number of carbonyl (C=O) groups is 1. The molecule has 1 saturated heterocycles. The van der Waals surface area contributed by atoms with Crippen LogP contribution in [-0.2, 0) is 11.3 Å². The van der Waals surface area contributed by atoms with Crippen LogP contribution in [0.3, 0.4) is 0 Å². The van der Waals surface area contributed by atoms with Crippen LogP contribution in [0.5, 0.6) is 0 Å². The van der Waals surface area contributed by atoms with Crippen molar-refractivity contribution in [3.63, 3.8) is 0 Å². The number of nitrogens with zero attached hydrogens (tertiary/aromatic N) is 1. The van der Waals surface area contributed by atoms with E-state index in [0.29, 0.717) is 12.5 Å². The number of carbonyl (C=O) groups excluding carboxylic acids is 1. The number of amides is 1. The maximum absolute atomic E-state index is 11.7. The predicted molar refractivity (Wildman–Crippen MR) is 83.5 cm³/mol. The average molecular weight is 295 g/mol. The Kier molecular flexibility index (Phi) is 6.01. The highest BCUT2D eigenvalue weighted by molar-refractivity contribution is 7.09. The van der Waals surface area contributed by atoms with Gasteiger partial charge in [0.15, 0.2) is 0 Å². The molecule has 4 nitrogen and oxygen atoms in total. The fraction of sp³-hybridized carbons (Fsp3) is 0.667. The van der Waals surface area contributed by atoms with Crippen molar-refractivity contribution in [2.24, 2.45) is 17.6 Å². The number of rotatable bonds is 6. The van der Waals surface area contributed by atoms with E-state index in [1.807, 2.05) is 18.3 Å². The summed E-state index contributed by atoms with van der Waals surface area (Å²) >= 11 is 1.83. The molecule has 1 amide bonds. The van der Waals surface area contributed by atoms with Gasteiger partial charge in [-0.15, -0.1) is 11.3 Å². The van der Waals surface area contributed by atoms with E-state index >= 15 is 0 Å². The van der Waals surface area contributed by atoms with Crippen LogP contribution in [-0.4, -0.2) is 37.0 Å². The van der Waals surface area contributed by atoms with Gasteiger partial charge in [0.1, 0.15) is 0 Å². The average Bonchev–Trinajstić information content (AvgIpc) is 2.98. The zero-order valence-electron chi connectivity index (χ0n) is 12.2. The zero-order chi connectivity index (χ0) is 14.4. The zero-order valence-corrected chi connectivity index (χ0v) is 13.0. The normalized spacial score (nSPS) is 18.9. The summed E-state index contributed by atoms with van der Waals surface area (Å²) in [6.07, 6.45) is 2.34. The van der Waals surface area contributed by atoms with Crippen LogP contribution in [0.15, 0.2) is 17.5 Å². The molecule has 112 valence electrons. The van der Waals surface area contributed by atoms with Gasteiger partial charge in [0, 0.05) is 30.4 Å². The van der Waals surface area contributed by atoms with Gasteiger partial charge in [-0.05, 0) is 43.3 Å². The second kappa shape index (κ2) is 7.76. The van der Waals surface area contributed by atoms with Gasteiger partial charge in [-0.3, -0.25) is 9.69 Å². The molecule has 3 N–H and O–H groups in total. The van der Waals surface area contributed by atoms with Gasteiger partial charge in [-0.2, -0.15) is 0 Å². The molecule has 0 aliphatic carbocycles. The lowest BCUT2D eigenvalue weighted by Gasteiger charge is -2.31. The summed E-state index contributed by atoms with van der Waals surface area (Å²) in [5.74, 6) is 0.631. The molecule has 1 aromatic rings. The molecule has 1 unspecified atom stereocenters. The topological polar surface area (TPSA) is 58.4 Å². The van der Waals surface area contributed by atoms with E-state index < -0.39 is 0 Å². The van der Waals surface area contributed by atoms with Crippen molar-refractivity contribution < 1.29 is 4.79 Å². The van der Waals surface area contributed by atoms with Crippen LogP contribution in [0, 0.1) is 11.8 Å². The summed E-state index contributed by atoms with van der Waals surface area (Å²) in [6, 6.07) is 4.31. The SMILES string of the molecule is CC(CN)C(=O)NCC1CCN(Cc2cccs2)CC1. The van der Waals surface area contributed by atoms with E-state index in [4.69, 9.17) is 5.73 Å². The fourth-order valence-electron chi connectivity index (χ4n) is 2.50. The van der Waals surface area contributed by atoms with Crippen molar-refractivity contribution in [2.75, 3.05) is 26.2 Å². The van der Waals surface area contributed by atoms with Crippen LogP contribution in [0.25, 0.3) is 0 Å². The highest BCUT2D eigenvalue weighted by Gasteiger charge is 2.20. The Balaban J connectivity index is 1.65. The van der Waals surface area contributed by atoms with Gasteiger partial charge in [-0.25, -0.2) is 0 Å². The summed E-state index contributed by atoms with van der Waals surface area (Å²) in [5.41, 5.74) is 5.50. The molecular formula is C15H25N3OS. The van der Waals surface area contributed by atoms with Crippen molar-refractivity contribution in [3.8, 4) is 0 Å². The molecule has 1 aliphatic rings. The number of hydrogen-bond donors (Lipinski definition) is 2. The summed E-state index contributed by atoms with van der Waals surface area (Å²) in [6.45, 7) is 6.43. The maximum Gasteiger partial charge on any atom is 0.224 e.